The van der Waals surface area contributed by atoms with E-state index in [0.717, 1.165) is 0 Å². The number of hydrazone groups is 1. The van der Waals surface area contributed by atoms with Crippen LogP contribution in [-0.4, -0.2) is 17.7 Å². The van der Waals surface area contributed by atoms with Gasteiger partial charge in [0.15, 0.2) is 0 Å². The predicted octanol–water partition coefficient (Wildman–Crippen LogP) is 3.64. The molecular formula is C14H11F2N3O3. The topological polar surface area (TPSA) is 76.8 Å². The summed E-state index contributed by atoms with van der Waals surface area (Å²) < 4.78 is 28.5. The molecule has 0 aliphatic heterocycles. The first-order chi connectivity index (χ1) is 10.5. The van der Waals surface area contributed by atoms with Crippen LogP contribution in [0.3, 0.4) is 0 Å². The van der Waals surface area contributed by atoms with Crippen molar-refractivity contribution in [2.45, 2.75) is 6.61 Å². The van der Waals surface area contributed by atoms with Gasteiger partial charge in [-0.25, -0.2) is 0 Å². The summed E-state index contributed by atoms with van der Waals surface area (Å²) in [7, 11) is 0. The molecule has 0 saturated heterocycles. The molecule has 0 aliphatic carbocycles. The van der Waals surface area contributed by atoms with E-state index in [4.69, 9.17) is 0 Å². The van der Waals surface area contributed by atoms with E-state index in [1.165, 1.54) is 42.6 Å². The normalized spacial score (nSPS) is 10.9. The van der Waals surface area contributed by atoms with Gasteiger partial charge in [-0.2, -0.15) is 13.9 Å². The van der Waals surface area contributed by atoms with E-state index in [2.05, 4.69) is 15.3 Å². The smallest absolute Gasteiger partial charge is 0.387 e. The minimum atomic E-state index is -2.88. The number of alkyl halides is 2. The van der Waals surface area contributed by atoms with Gasteiger partial charge in [-0.1, -0.05) is 12.1 Å². The number of benzene rings is 2. The molecule has 2 aromatic rings. The van der Waals surface area contributed by atoms with E-state index in [1.54, 1.807) is 12.1 Å². The summed E-state index contributed by atoms with van der Waals surface area (Å²) in [4.78, 5) is 10.0. The summed E-state index contributed by atoms with van der Waals surface area (Å²) >= 11 is 0. The summed E-state index contributed by atoms with van der Waals surface area (Å²) in [6.45, 7) is -2.88. The first-order valence-electron chi connectivity index (χ1n) is 6.13. The Morgan fingerprint density at radius 1 is 1.23 bits per heavy atom. The number of anilines is 1. The summed E-state index contributed by atoms with van der Waals surface area (Å²) in [5.41, 5.74) is 3.78. The van der Waals surface area contributed by atoms with Crippen molar-refractivity contribution in [3.63, 3.8) is 0 Å². The lowest BCUT2D eigenvalue weighted by Crippen LogP contribution is -2.02. The van der Waals surface area contributed by atoms with Gasteiger partial charge in [0, 0.05) is 12.1 Å². The summed E-state index contributed by atoms with van der Waals surface area (Å²) in [5, 5.41) is 14.4. The monoisotopic (exact) mass is 307 g/mol. The number of nitro groups is 1. The Bertz CT molecular complexity index is 675. The van der Waals surface area contributed by atoms with Crippen LogP contribution in [0.15, 0.2) is 53.6 Å². The molecule has 2 aromatic carbocycles. The molecule has 0 aliphatic rings. The van der Waals surface area contributed by atoms with Crippen LogP contribution >= 0.6 is 0 Å². The van der Waals surface area contributed by atoms with Crippen LogP contribution < -0.4 is 10.2 Å². The lowest BCUT2D eigenvalue weighted by atomic mass is 10.2. The molecule has 0 spiro atoms. The van der Waals surface area contributed by atoms with E-state index in [9.17, 15) is 18.9 Å². The second-order valence-electron chi connectivity index (χ2n) is 4.12. The fourth-order valence-corrected chi connectivity index (χ4v) is 1.61. The van der Waals surface area contributed by atoms with E-state index in [1.807, 2.05) is 0 Å². The third-order valence-corrected chi connectivity index (χ3v) is 2.57. The zero-order valence-corrected chi connectivity index (χ0v) is 11.1. The average Bonchev–Trinajstić information content (AvgIpc) is 2.47. The molecule has 0 aromatic heterocycles. The number of ether oxygens (including phenoxy) is 1. The van der Waals surface area contributed by atoms with E-state index in [-0.39, 0.29) is 11.4 Å². The van der Waals surface area contributed by atoms with E-state index < -0.39 is 11.5 Å². The van der Waals surface area contributed by atoms with Crippen molar-refractivity contribution in [1.82, 2.24) is 0 Å². The van der Waals surface area contributed by atoms with Crippen molar-refractivity contribution in [2.75, 3.05) is 5.43 Å². The molecule has 1 N–H and O–H groups in total. The van der Waals surface area contributed by atoms with E-state index >= 15 is 0 Å². The van der Waals surface area contributed by atoms with Crippen LogP contribution in [0.4, 0.5) is 20.2 Å². The first-order valence-corrected chi connectivity index (χ1v) is 6.13. The number of halogens is 2. The van der Waals surface area contributed by atoms with Crippen molar-refractivity contribution in [1.29, 1.82) is 0 Å². The Labute approximate surface area is 124 Å². The van der Waals surface area contributed by atoms with Gasteiger partial charge in [-0.3, -0.25) is 15.5 Å². The third-order valence-electron chi connectivity index (χ3n) is 2.57. The number of hydrogen-bond donors (Lipinski definition) is 1. The van der Waals surface area contributed by atoms with Gasteiger partial charge in [0.2, 0.25) is 0 Å². The SMILES string of the molecule is O=[N+]([O-])c1ccc(NN=Cc2cccc(OC(F)F)c2)cc1. The molecule has 0 amide bonds. The highest BCUT2D eigenvalue weighted by Gasteiger charge is 2.04. The molecule has 0 saturated carbocycles. The van der Waals surface area contributed by atoms with Crippen molar-refractivity contribution in [3.8, 4) is 5.75 Å². The highest BCUT2D eigenvalue weighted by Crippen LogP contribution is 2.16. The second kappa shape index (κ2) is 7.11. The molecule has 0 radical (unpaired) electrons. The summed E-state index contributed by atoms with van der Waals surface area (Å²) in [6, 6.07) is 11.7. The molecule has 2 rings (SSSR count). The predicted molar refractivity (Wildman–Crippen MR) is 77.4 cm³/mol. The molecule has 114 valence electrons. The molecule has 0 bridgehead atoms. The molecule has 6 nitrogen and oxygen atoms in total. The van der Waals surface area contributed by atoms with Crippen molar-refractivity contribution < 1.29 is 18.4 Å². The van der Waals surface area contributed by atoms with Crippen LogP contribution in [-0.2, 0) is 0 Å². The Morgan fingerprint density at radius 2 is 1.95 bits per heavy atom. The zero-order valence-electron chi connectivity index (χ0n) is 11.1. The van der Waals surface area contributed by atoms with Crippen LogP contribution in [0, 0.1) is 10.1 Å². The standard InChI is InChI=1S/C14H11F2N3O3/c15-14(16)22-13-3-1-2-10(8-13)9-17-18-11-4-6-12(7-5-11)19(20)21/h1-9,14,18H. The summed E-state index contributed by atoms with van der Waals surface area (Å²) in [6.07, 6.45) is 1.42. The van der Waals surface area contributed by atoms with Gasteiger partial charge in [-0.05, 0) is 29.8 Å². The van der Waals surface area contributed by atoms with Crippen molar-refractivity contribution in [2.24, 2.45) is 5.10 Å². The van der Waals surface area contributed by atoms with Gasteiger partial charge in [0.25, 0.3) is 5.69 Å². The average molecular weight is 307 g/mol. The zero-order chi connectivity index (χ0) is 15.9. The van der Waals surface area contributed by atoms with E-state index in [0.29, 0.717) is 11.3 Å². The number of nitro benzene ring substituents is 1. The fourth-order valence-electron chi connectivity index (χ4n) is 1.61. The number of nitrogens with one attached hydrogen (secondary N) is 1. The lowest BCUT2D eigenvalue weighted by molar-refractivity contribution is -0.384. The van der Waals surface area contributed by atoms with Gasteiger partial charge in [0.1, 0.15) is 5.75 Å². The van der Waals surface area contributed by atoms with Crippen LogP contribution in [0.25, 0.3) is 0 Å². The molecule has 8 heteroatoms. The van der Waals surface area contributed by atoms with Gasteiger partial charge in [-0.15, -0.1) is 0 Å². The minimum absolute atomic E-state index is 0.0219. The number of non-ortho nitro benzene ring substituents is 1. The number of hydrogen-bond acceptors (Lipinski definition) is 5. The van der Waals surface area contributed by atoms with Crippen molar-refractivity contribution >= 4 is 17.6 Å². The lowest BCUT2D eigenvalue weighted by Gasteiger charge is -2.04. The largest absolute Gasteiger partial charge is 0.435 e. The van der Waals surface area contributed by atoms with Crippen LogP contribution in [0.1, 0.15) is 5.56 Å². The molecular weight excluding hydrogens is 296 g/mol. The number of rotatable bonds is 6. The molecule has 22 heavy (non-hydrogen) atoms. The highest BCUT2D eigenvalue weighted by atomic mass is 19.3. The van der Waals surface area contributed by atoms with Crippen LogP contribution in [0.5, 0.6) is 5.75 Å². The highest BCUT2D eigenvalue weighted by molar-refractivity contribution is 5.80. The molecule has 0 unspecified atom stereocenters. The number of nitrogens with zero attached hydrogens (tertiary/aromatic N) is 2. The minimum Gasteiger partial charge on any atom is -0.435 e. The van der Waals surface area contributed by atoms with Gasteiger partial charge < -0.3 is 4.74 Å². The maximum absolute atomic E-state index is 12.1. The van der Waals surface area contributed by atoms with Gasteiger partial charge >= 0.3 is 6.61 Å². The Kier molecular flexibility index (Phi) is 4.97. The quantitative estimate of drug-likeness (QED) is 0.502. The van der Waals surface area contributed by atoms with Crippen molar-refractivity contribution in [3.05, 3.63) is 64.2 Å². The second-order valence-corrected chi connectivity index (χ2v) is 4.12. The maximum atomic E-state index is 12.1. The molecule has 0 fully saturated rings. The molecule has 0 heterocycles. The Balaban J connectivity index is 1.98. The Morgan fingerprint density at radius 3 is 2.59 bits per heavy atom. The maximum Gasteiger partial charge on any atom is 0.387 e. The van der Waals surface area contributed by atoms with Crippen LogP contribution in [0.2, 0.25) is 0 Å². The molecule has 0 atom stereocenters. The fraction of sp³-hybridized carbons (Fsp3) is 0.0714. The first kappa shape index (κ1) is 15.4. The summed E-state index contributed by atoms with van der Waals surface area (Å²) in [5.74, 6) is 0.0364. The Hall–Kier alpha value is -3.03. The third kappa shape index (κ3) is 4.51. The van der Waals surface area contributed by atoms with Gasteiger partial charge in [0.05, 0.1) is 16.8 Å².